The van der Waals surface area contributed by atoms with Crippen LogP contribution in [-0.4, -0.2) is 32.1 Å². The van der Waals surface area contributed by atoms with Gasteiger partial charge in [0.1, 0.15) is 0 Å². The van der Waals surface area contributed by atoms with Gasteiger partial charge in [0.25, 0.3) is 0 Å². The lowest BCUT2D eigenvalue weighted by Gasteiger charge is -1.97. The molecule has 0 aromatic heterocycles. The topological polar surface area (TPSA) is 81.7 Å². The van der Waals surface area contributed by atoms with Crippen LogP contribution in [0.5, 0.6) is 0 Å². The zero-order chi connectivity index (χ0) is 13.6. The summed E-state index contributed by atoms with van der Waals surface area (Å²) in [7, 11) is 1.22. The van der Waals surface area contributed by atoms with Crippen LogP contribution in [0.3, 0.4) is 0 Å². The lowest BCUT2D eigenvalue weighted by atomic mass is 10.4. The molecule has 18 heavy (non-hydrogen) atoms. The molecule has 0 atom stereocenters. The number of carbonyl (C=O) groups is 3. The molecule has 6 heteroatoms. The second kappa shape index (κ2) is 11.1. The van der Waals surface area contributed by atoms with Crippen molar-refractivity contribution in [1.82, 2.24) is 5.32 Å². The van der Waals surface area contributed by atoms with Gasteiger partial charge in [-0.25, -0.2) is 9.59 Å². The van der Waals surface area contributed by atoms with Gasteiger partial charge in [-0.3, -0.25) is 4.79 Å². The van der Waals surface area contributed by atoms with Crippen LogP contribution in [0.2, 0.25) is 0 Å². The highest BCUT2D eigenvalue weighted by molar-refractivity contribution is 5.91. The van der Waals surface area contributed by atoms with Gasteiger partial charge in [0.2, 0.25) is 6.41 Å². The van der Waals surface area contributed by atoms with Gasteiger partial charge in [-0.1, -0.05) is 12.2 Å². The fraction of sp³-hybridized carbons (Fsp3) is 0.250. The van der Waals surface area contributed by atoms with Crippen molar-refractivity contribution in [3.05, 3.63) is 36.6 Å². The first-order valence-electron chi connectivity index (χ1n) is 5.15. The summed E-state index contributed by atoms with van der Waals surface area (Å²) >= 11 is 0. The highest BCUT2D eigenvalue weighted by Gasteiger charge is 1.97. The molecule has 0 aliphatic rings. The van der Waals surface area contributed by atoms with Crippen molar-refractivity contribution in [3.63, 3.8) is 0 Å². The maximum atomic E-state index is 11.0. The lowest BCUT2D eigenvalue weighted by molar-refractivity contribution is -0.139. The summed E-state index contributed by atoms with van der Waals surface area (Å²) in [5, 5.41) is 2.34. The monoisotopic (exact) mass is 253 g/mol. The minimum Gasteiger partial charge on any atom is -0.466 e. The van der Waals surface area contributed by atoms with Gasteiger partial charge in [-0.05, 0) is 12.5 Å². The first kappa shape index (κ1) is 15.6. The SMILES string of the molecule is COC(=O)/C=C/C(=O)OCC/C=C\C=C/NC=O. The Balaban J connectivity index is 3.66. The summed E-state index contributed by atoms with van der Waals surface area (Å²) in [5.41, 5.74) is 0. The fourth-order valence-corrected chi connectivity index (χ4v) is 0.805. The normalized spacial score (nSPS) is 10.9. The molecule has 0 aliphatic carbocycles. The van der Waals surface area contributed by atoms with Crippen LogP contribution in [-0.2, 0) is 23.9 Å². The van der Waals surface area contributed by atoms with Gasteiger partial charge in [-0.15, -0.1) is 0 Å². The van der Waals surface area contributed by atoms with E-state index in [9.17, 15) is 14.4 Å². The Labute approximate surface area is 105 Å². The standard InChI is InChI=1S/C12H15NO5/c1-17-11(15)6-7-12(16)18-9-5-3-2-4-8-13-10-14/h2-4,6-8,10H,5,9H2,1H3,(H,13,14)/b3-2-,7-6+,8-4-. The van der Waals surface area contributed by atoms with Crippen molar-refractivity contribution in [3.8, 4) is 0 Å². The molecule has 0 unspecified atom stereocenters. The number of amides is 1. The van der Waals surface area contributed by atoms with Gasteiger partial charge in [0.15, 0.2) is 0 Å². The first-order valence-corrected chi connectivity index (χ1v) is 5.15. The van der Waals surface area contributed by atoms with Gasteiger partial charge < -0.3 is 14.8 Å². The molecule has 0 spiro atoms. The van der Waals surface area contributed by atoms with E-state index in [2.05, 4.69) is 10.1 Å². The number of carbonyl (C=O) groups excluding carboxylic acids is 3. The summed E-state index contributed by atoms with van der Waals surface area (Å²) in [6.07, 6.45) is 9.65. The largest absolute Gasteiger partial charge is 0.466 e. The number of esters is 2. The van der Waals surface area contributed by atoms with Gasteiger partial charge in [0, 0.05) is 18.4 Å². The van der Waals surface area contributed by atoms with E-state index < -0.39 is 11.9 Å². The number of rotatable bonds is 8. The third-order valence-corrected chi connectivity index (χ3v) is 1.59. The summed E-state index contributed by atoms with van der Waals surface area (Å²) in [6, 6.07) is 0. The molecule has 6 nitrogen and oxygen atoms in total. The van der Waals surface area contributed by atoms with E-state index in [-0.39, 0.29) is 6.61 Å². The van der Waals surface area contributed by atoms with Crippen LogP contribution in [0.1, 0.15) is 6.42 Å². The van der Waals surface area contributed by atoms with Crippen molar-refractivity contribution in [2.24, 2.45) is 0 Å². The zero-order valence-electron chi connectivity index (χ0n) is 10.00. The first-order chi connectivity index (χ1) is 8.70. The van der Waals surface area contributed by atoms with E-state index in [1.165, 1.54) is 13.3 Å². The third-order valence-electron chi connectivity index (χ3n) is 1.59. The molecule has 0 aromatic rings. The molecular formula is C12H15NO5. The van der Waals surface area contributed by atoms with E-state index >= 15 is 0 Å². The Hall–Kier alpha value is -2.37. The highest BCUT2D eigenvalue weighted by atomic mass is 16.5. The maximum absolute atomic E-state index is 11.0. The Morgan fingerprint density at radius 3 is 2.56 bits per heavy atom. The number of methoxy groups -OCH3 is 1. The number of hydrogen-bond acceptors (Lipinski definition) is 5. The molecule has 1 N–H and O–H groups in total. The van der Waals surface area contributed by atoms with E-state index in [0.717, 1.165) is 12.2 Å². The Morgan fingerprint density at radius 2 is 1.89 bits per heavy atom. The molecule has 1 amide bonds. The van der Waals surface area contributed by atoms with Crippen LogP contribution >= 0.6 is 0 Å². The predicted molar refractivity (Wildman–Crippen MR) is 64.2 cm³/mol. The van der Waals surface area contributed by atoms with Crippen molar-refractivity contribution < 1.29 is 23.9 Å². The van der Waals surface area contributed by atoms with E-state index in [4.69, 9.17) is 4.74 Å². The van der Waals surface area contributed by atoms with Gasteiger partial charge in [-0.2, -0.15) is 0 Å². The molecule has 0 heterocycles. The molecule has 98 valence electrons. The molecule has 0 aliphatic heterocycles. The van der Waals surface area contributed by atoms with Crippen LogP contribution in [0.25, 0.3) is 0 Å². The summed E-state index contributed by atoms with van der Waals surface area (Å²) in [4.78, 5) is 31.5. The van der Waals surface area contributed by atoms with Gasteiger partial charge in [0.05, 0.1) is 13.7 Å². The average molecular weight is 253 g/mol. The van der Waals surface area contributed by atoms with E-state index in [0.29, 0.717) is 12.8 Å². The molecule has 0 rings (SSSR count). The number of ether oxygens (including phenoxy) is 2. The number of hydrogen-bond donors (Lipinski definition) is 1. The average Bonchev–Trinajstić information content (AvgIpc) is 2.39. The Morgan fingerprint density at radius 1 is 1.17 bits per heavy atom. The fourth-order valence-electron chi connectivity index (χ4n) is 0.805. The van der Waals surface area contributed by atoms with Crippen LogP contribution in [0, 0.1) is 0 Å². The number of nitrogens with one attached hydrogen (secondary N) is 1. The molecular weight excluding hydrogens is 238 g/mol. The van der Waals surface area contributed by atoms with Crippen molar-refractivity contribution in [2.75, 3.05) is 13.7 Å². The summed E-state index contributed by atoms with van der Waals surface area (Å²) in [6.45, 7) is 0.204. The van der Waals surface area contributed by atoms with Crippen molar-refractivity contribution in [1.29, 1.82) is 0 Å². The van der Waals surface area contributed by atoms with Crippen LogP contribution in [0.15, 0.2) is 36.6 Å². The summed E-state index contributed by atoms with van der Waals surface area (Å²) in [5.74, 6) is -1.22. The zero-order valence-corrected chi connectivity index (χ0v) is 10.00. The number of allylic oxidation sites excluding steroid dienone is 2. The molecule has 0 bridgehead atoms. The third kappa shape index (κ3) is 10.2. The van der Waals surface area contributed by atoms with Gasteiger partial charge >= 0.3 is 11.9 Å². The Kier molecular flexibility index (Phi) is 9.66. The predicted octanol–water partition coefficient (Wildman–Crippen LogP) is 0.465. The summed E-state index contributed by atoms with van der Waals surface area (Å²) < 4.78 is 9.09. The van der Waals surface area contributed by atoms with Crippen LogP contribution in [0.4, 0.5) is 0 Å². The van der Waals surface area contributed by atoms with Crippen molar-refractivity contribution in [2.45, 2.75) is 6.42 Å². The molecule has 0 radical (unpaired) electrons. The smallest absolute Gasteiger partial charge is 0.331 e. The Bertz CT molecular complexity index is 357. The van der Waals surface area contributed by atoms with Crippen molar-refractivity contribution >= 4 is 18.3 Å². The molecule has 0 fully saturated rings. The highest BCUT2D eigenvalue weighted by Crippen LogP contribution is 1.89. The van der Waals surface area contributed by atoms with E-state index in [1.807, 2.05) is 0 Å². The second-order valence-corrected chi connectivity index (χ2v) is 2.88. The lowest BCUT2D eigenvalue weighted by Crippen LogP contribution is -2.03. The van der Waals surface area contributed by atoms with Crippen LogP contribution < -0.4 is 5.32 Å². The second-order valence-electron chi connectivity index (χ2n) is 2.88. The molecule has 0 saturated heterocycles. The maximum Gasteiger partial charge on any atom is 0.331 e. The minimum atomic E-state index is -0.611. The van der Waals surface area contributed by atoms with E-state index in [1.54, 1.807) is 18.2 Å². The minimum absolute atomic E-state index is 0.204. The molecule has 0 aromatic carbocycles. The quantitative estimate of drug-likeness (QED) is 0.223. The molecule has 0 saturated carbocycles.